The van der Waals surface area contributed by atoms with Gasteiger partial charge in [0.1, 0.15) is 0 Å². The highest BCUT2D eigenvalue weighted by atomic mass is 16.5. The Morgan fingerprint density at radius 2 is 1.63 bits per heavy atom. The summed E-state index contributed by atoms with van der Waals surface area (Å²) in [4.78, 5) is 24.4. The van der Waals surface area contributed by atoms with Crippen molar-refractivity contribution in [3.05, 3.63) is 48.0 Å². The molecule has 0 radical (unpaired) electrons. The number of rotatable bonds is 10. The molecule has 2 N–H and O–H groups in total. The predicted molar refractivity (Wildman–Crippen MR) is 112 cm³/mol. The molecule has 0 saturated carbocycles. The molecule has 2 rings (SSSR count). The lowest BCUT2D eigenvalue weighted by Gasteiger charge is -2.15. The van der Waals surface area contributed by atoms with Crippen LogP contribution in [0.25, 0.3) is 0 Å². The third kappa shape index (κ3) is 6.88. The minimum atomic E-state index is -0.514. The van der Waals surface area contributed by atoms with Crippen LogP contribution < -0.4 is 29.8 Å². The molecule has 0 spiro atoms. The number of hydrogen-bond donors (Lipinski definition) is 2. The largest absolute Gasteiger partial charge is 0.493 e. The Morgan fingerprint density at radius 1 is 0.933 bits per heavy atom. The van der Waals surface area contributed by atoms with E-state index in [-0.39, 0.29) is 12.7 Å². The summed E-state index contributed by atoms with van der Waals surface area (Å²) in [7, 11) is 1.49. The maximum atomic E-state index is 12.3. The fourth-order valence-corrected chi connectivity index (χ4v) is 2.44. The number of hydrazine groups is 1. The standard InChI is InChI=1S/C22H28N2O6/c1-5-12-28-17-8-6-7-9-18(17)29-14-21(25)23-24-22(26)16-10-11-19(30-15(2)3)20(13-16)27-4/h6-11,13,15H,5,12,14H2,1-4H3,(H,23,25)(H,24,26). The van der Waals surface area contributed by atoms with Crippen molar-refractivity contribution in [2.24, 2.45) is 0 Å². The normalized spacial score (nSPS) is 10.3. The SMILES string of the molecule is CCCOc1ccccc1OCC(=O)NNC(=O)c1ccc(OC(C)C)c(OC)c1. The molecular formula is C22H28N2O6. The smallest absolute Gasteiger partial charge is 0.276 e. The Bertz CT molecular complexity index is 853. The molecule has 0 aromatic heterocycles. The van der Waals surface area contributed by atoms with Gasteiger partial charge in [0.2, 0.25) is 0 Å². The number of carbonyl (C=O) groups excluding carboxylic acids is 2. The van der Waals surface area contributed by atoms with E-state index in [0.717, 1.165) is 6.42 Å². The van der Waals surface area contributed by atoms with Crippen molar-refractivity contribution < 1.29 is 28.5 Å². The molecule has 0 unspecified atom stereocenters. The van der Waals surface area contributed by atoms with Gasteiger partial charge in [-0.3, -0.25) is 20.4 Å². The van der Waals surface area contributed by atoms with Crippen LogP contribution in [0.3, 0.4) is 0 Å². The first-order valence-electron chi connectivity index (χ1n) is 9.73. The van der Waals surface area contributed by atoms with E-state index in [1.165, 1.54) is 13.2 Å². The van der Waals surface area contributed by atoms with Gasteiger partial charge in [-0.1, -0.05) is 19.1 Å². The molecule has 0 aliphatic carbocycles. The minimum Gasteiger partial charge on any atom is -0.493 e. The van der Waals surface area contributed by atoms with Crippen LogP contribution in [-0.4, -0.2) is 38.2 Å². The Morgan fingerprint density at radius 3 is 2.27 bits per heavy atom. The zero-order chi connectivity index (χ0) is 21.9. The molecule has 8 heteroatoms. The first-order chi connectivity index (χ1) is 14.4. The minimum absolute atomic E-state index is 0.0321. The Balaban J connectivity index is 1.88. The number of benzene rings is 2. The summed E-state index contributed by atoms with van der Waals surface area (Å²) in [5.41, 5.74) is 4.98. The van der Waals surface area contributed by atoms with Crippen molar-refractivity contribution >= 4 is 11.8 Å². The fourth-order valence-electron chi connectivity index (χ4n) is 2.44. The van der Waals surface area contributed by atoms with Gasteiger partial charge in [-0.15, -0.1) is 0 Å². The van der Waals surface area contributed by atoms with Gasteiger partial charge < -0.3 is 18.9 Å². The van der Waals surface area contributed by atoms with Crippen LogP contribution in [0.1, 0.15) is 37.6 Å². The van der Waals surface area contributed by atoms with E-state index in [0.29, 0.717) is 35.2 Å². The average Bonchev–Trinajstić information content (AvgIpc) is 2.74. The van der Waals surface area contributed by atoms with Crippen LogP contribution >= 0.6 is 0 Å². The van der Waals surface area contributed by atoms with Gasteiger partial charge in [0.25, 0.3) is 11.8 Å². The number of amides is 2. The first-order valence-corrected chi connectivity index (χ1v) is 9.73. The molecule has 0 heterocycles. The van der Waals surface area contributed by atoms with Crippen molar-refractivity contribution in [3.8, 4) is 23.0 Å². The first kappa shape index (κ1) is 22.9. The van der Waals surface area contributed by atoms with E-state index < -0.39 is 11.8 Å². The Kier molecular flexibility index (Phi) is 8.80. The van der Waals surface area contributed by atoms with Gasteiger partial charge in [0.05, 0.1) is 19.8 Å². The third-order valence-corrected chi connectivity index (χ3v) is 3.77. The maximum absolute atomic E-state index is 12.3. The Hall–Kier alpha value is -3.42. The number of ether oxygens (including phenoxy) is 4. The third-order valence-electron chi connectivity index (χ3n) is 3.77. The maximum Gasteiger partial charge on any atom is 0.276 e. The summed E-state index contributed by atoms with van der Waals surface area (Å²) in [6, 6.07) is 11.9. The van der Waals surface area contributed by atoms with Crippen LogP contribution in [0.15, 0.2) is 42.5 Å². The van der Waals surface area contributed by atoms with Crippen molar-refractivity contribution in [2.75, 3.05) is 20.3 Å². The molecule has 30 heavy (non-hydrogen) atoms. The highest BCUT2D eigenvalue weighted by Crippen LogP contribution is 2.29. The van der Waals surface area contributed by atoms with Gasteiger partial charge in [-0.25, -0.2) is 0 Å². The predicted octanol–water partition coefficient (Wildman–Crippen LogP) is 3.11. The molecule has 2 aromatic rings. The second-order valence-electron chi connectivity index (χ2n) is 6.62. The lowest BCUT2D eigenvalue weighted by molar-refractivity contribution is -0.123. The van der Waals surface area contributed by atoms with Crippen molar-refractivity contribution in [2.45, 2.75) is 33.3 Å². The number of nitrogens with one attached hydrogen (secondary N) is 2. The van der Waals surface area contributed by atoms with Crippen LogP contribution in [0, 0.1) is 0 Å². The lowest BCUT2D eigenvalue weighted by Crippen LogP contribution is -2.43. The van der Waals surface area contributed by atoms with E-state index in [1.54, 1.807) is 30.3 Å². The van der Waals surface area contributed by atoms with E-state index in [2.05, 4.69) is 10.9 Å². The van der Waals surface area contributed by atoms with Crippen molar-refractivity contribution in [3.63, 3.8) is 0 Å². The fraction of sp³-hybridized carbons (Fsp3) is 0.364. The van der Waals surface area contributed by atoms with E-state index >= 15 is 0 Å². The quantitative estimate of drug-likeness (QED) is 0.578. The summed E-state index contributed by atoms with van der Waals surface area (Å²) in [6.45, 7) is 6.06. The highest BCUT2D eigenvalue weighted by molar-refractivity contribution is 5.96. The zero-order valence-electron chi connectivity index (χ0n) is 17.7. The molecular weight excluding hydrogens is 388 g/mol. The monoisotopic (exact) mass is 416 g/mol. The van der Waals surface area contributed by atoms with Crippen molar-refractivity contribution in [1.29, 1.82) is 0 Å². The number of methoxy groups -OCH3 is 1. The summed E-state index contributed by atoms with van der Waals surface area (Å²) in [5, 5.41) is 0. The van der Waals surface area contributed by atoms with Gasteiger partial charge in [-0.2, -0.15) is 0 Å². The lowest BCUT2D eigenvalue weighted by atomic mass is 10.2. The van der Waals surface area contributed by atoms with Crippen LogP contribution in [0.4, 0.5) is 0 Å². The topological polar surface area (TPSA) is 95.1 Å². The molecule has 0 aliphatic heterocycles. The molecule has 0 fully saturated rings. The molecule has 2 aromatic carbocycles. The van der Waals surface area contributed by atoms with Gasteiger partial charge in [0.15, 0.2) is 29.6 Å². The van der Waals surface area contributed by atoms with E-state index in [1.807, 2.05) is 26.8 Å². The van der Waals surface area contributed by atoms with Crippen LogP contribution in [0.5, 0.6) is 23.0 Å². The summed E-state index contributed by atoms with van der Waals surface area (Å²) in [6.07, 6.45) is 0.825. The van der Waals surface area contributed by atoms with E-state index in [4.69, 9.17) is 18.9 Å². The molecule has 0 aliphatic rings. The summed E-state index contributed by atoms with van der Waals surface area (Å²) >= 11 is 0. The second kappa shape index (κ2) is 11.5. The number of hydrogen-bond acceptors (Lipinski definition) is 6. The molecule has 0 atom stereocenters. The molecule has 0 saturated heterocycles. The van der Waals surface area contributed by atoms with Crippen LogP contribution in [0.2, 0.25) is 0 Å². The number of carbonyl (C=O) groups is 2. The summed E-state index contributed by atoms with van der Waals surface area (Å²) in [5.74, 6) is 0.967. The second-order valence-corrected chi connectivity index (χ2v) is 6.62. The molecule has 0 bridgehead atoms. The zero-order valence-corrected chi connectivity index (χ0v) is 17.7. The number of para-hydroxylation sites is 2. The van der Waals surface area contributed by atoms with Gasteiger partial charge in [0, 0.05) is 5.56 Å². The molecule has 162 valence electrons. The summed E-state index contributed by atoms with van der Waals surface area (Å²) < 4.78 is 22.0. The molecule has 8 nitrogen and oxygen atoms in total. The average molecular weight is 416 g/mol. The Labute approximate surface area is 176 Å². The van der Waals surface area contributed by atoms with Crippen molar-refractivity contribution in [1.82, 2.24) is 10.9 Å². The van der Waals surface area contributed by atoms with Gasteiger partial charge in [-0.05, 0) is 50.6 Å². The van der Waals surface area contributed by atoms with Crippen LogP contribution in [-0.2, 0) is 4.79 Å². The van der Waals surface area contributed by atoms with E-state index in [9.17, 15) is 9.59 Å². The van der Waals surface area contributed by atoms with Gasteiger partial charge >= 0.3 is 0 Å². The highest BCUT2D eigenvalue weighted by Gasteiger charge is 2.13. The molecule has 2 amide bonds.